The highest BCUT2D eigenvalue weighted by atomic mass is 19.2. The van der Waals surface area contributed by atoms with E-state index >= 15 is 0 Å². The van der Waals surface area contributed by atoms with E-state index in [0.717, 1.165) is 6.07 Å². The molecule has 1 aliphatic heterocycles. The lowest BCUT2D eigenvalue weighted by atomic mass is 10.2. The second-order valence-corrected chi connectivity index (χ2v) is 6.17. The summed E-state index contributed by atoms with van der Waals surface area (Å²) in [6.45, 7) is 1.05. The van der Waals surface area contributed by atoms with Gasteiger partial charge in [-0.2, -0.15) is 0 Å². The van der Waals surface area contributed by atoms with Gasteiger partial charge in [-0.1, -0.05) is 6.07 Å². The van der Waals surface area contributed by atoms with Crippen LogP contribution in [-0.4, -0.2) is 50.2 Å². The summed E-state index contributed by atoms with van der Waals surface area (Å²) >= 11 is 0. The number of urea groups is 1. The Morgan fingerprint density at radius 1 is 1.00 bits per heavy atom. The molecule has 3 rings (SSSR count). The summed E-state index contributed by atoms with van der Waals surface area (Å²) in [5, 5.41) is 2.69. The van der Waals surface area contributed by atoms with E-state index < -0.39 is 23.4 Å². The fraction of sp³-hybridized carbons (Fsp3) is 0.263. The largest absolute Gasteiger partial charge is 0.465 e. The molecule has 0 atom stereocenters. The Balaban J connectivity index is 1.61. The van der Waals surface area contributed by atoms with E-state index in [1.54, 1.807) is 23.1 Å². The van der Waals surface area contributed by atoms with Crippen LogP contribution in [0, 0.1) is 17.5 Å². The van der Waals surface area contributed by atoms with Crippen LogP contribution in [-0.2, 0) is 4.74 Å². The van der Waals surface area contributed by atoms with Crippen molar-refractivity contribution in [3.63, 3.8) is 0 Å². The smallest absolute Gasteiger partial charge is 0.337 e. The van der Waals surface area contributed by atoms with Crippen LogP contribution in [0.4, 0.5) is 29.3 Å². The maximum atomic E-state index is 13.9. The zero-order valence-corrected chi connectivity index (χ0v) is 15.0. The molecular formula is C19H18F3N3O3. The zero-order valence-electron chi connectivity index (χ0n) is 15.0. The summed E-state index contributed by atoms with van der Waals surface area (Å²) in [7, 11) is 1.27. The van der Waals surface area contributed by atoms with Crippen LogP contribution in [0.3, 0.4) is 0 Å². The quantitative estimate of drug-likeness (QED) is 0.643. The second kappa shape index (κ2) is 8.20. The first-order valence-corrected chi connectivity index (χ1v) is 8.53. The van der Waals surface area contributed by atoms with E-state index in [2.05, 4.69) is 10.1 Å². The number of carbonyl (C=O) groups is 2. The van der Waals surface area contributed by atoms with Crippen LogP contribution >= 0.6 is 0 Å². The Kier molecular flexibility index (Phi) is 5.72. The third kappa shape index (κ3) is 4.03. The molecule has 6 nitrogen and oxygen atoms in total. The molecule has 0 saturated carbocycles. The fourth-order valence-corrected chi connectivity index (χ4v) is 2.95. The summed E-state index contributed by atoms with van der Waals surface area (Å²) in [6.07, 6.45) is 0. The molecule has 0 spiro atoms. The van der Waals surface area contributed by atoms with Gasteiger partial charge in [0.05, 0.1) is 18.4 Å². The molecule has 2 aromatic carbocycles. The molecule has 0 radical (unpaired) electrons. The monoisotopic (exact) mass is 393 g/mol. The van der Waals surface area contributed by atoms with Crippen molar-refractivity contribution in [2.45, 2.75) is 0 Å². The average molecular weight is 393 g/mol. The van der Waals surface area contributed by atoms with Gasteiger partial charge in [0, 0.05) is 31.9 Å². The summed E-state index contributed by atoms with van der Waals surface area (Å²) in [5.74, 6) is -4.51. The number of amides is 2. The van der Waals surface area contributed by atoms with Gasteiger partial charge in [0.25, 0.3) is 0 Å². The Morgan fingerprint density at radius 2 is 1.71 bits per heavy atom. The van der Waals surface area contributed by atoms with E-state index in [1.165, 1.54) is 24.1 Å². The molecule has 2 amide bonds. The topological polar surface area (TPSA) is 61.9 Å². The molecule has 0 bridgehead atoms. The number of ether oxygens (including phenoxy) is 1. The molecule has 1 fully saturated rings. The summed E-state index contributed by atoms with van der Waals surface area (Å²) in [4.78, 5) is 27.1. The number of nitrogens with one attached hydrogen (secondary N) is 1. The zero-order chi connectivity index (χ0) is 20.3. The number of methoxy groups -OCH3 is 1. The van der Waals surface area contributed by atoms with E-state index in [0.29, 0.717) is 11.3 Å². The first kappa shape index (κ1) is 19.5. The van der Waals surface area contributed by atoms with Crippen molar-refractivity contribution in [1.82, 2.24) is 4.90 Å². The van der Waals surface area contributed by atoms with Crippen molar-refractivity contribution in [3.05, 3.63) is 59.4 Å². The average Bonchev–Trinajstić information content (AvgIpc) is 2.72. The minimum Gasteiger partial charge on any atom is -0.465 e. The number of rotatable bonds is 3. The predicted molar refractivity (Wildman–Crippen MR) is 96.9 cm³/mol. The number of hydrogen-bond donors (Lipinski definition) is 1. The predicted octanol–water partition coefficient (Wildman–Crippen LogP) is 3.24. The van der Waals surface area contributed by atoms with Gasteiger partial charge in [0.15, 0.2) is 17.5 Å². The van der Waals surface area contributed by atoms with Gasteiger partial charge in [-0.15, -0.1) is 0 Å². The molecule has 28 heavy (non-hydrogen) atoms. The van der Waals surface area contributed by atoms with Crippen LogP contribution in [0.5, 0.6) is 0 Å². The number of halogens is 3. The van der Waals surface area contributed by atoms with Crippen molar-refractivity contribution in [1.29, 1.82) is 0 Å². The van der Waals surface area contributed by atoms with Crippen LogP contribution < -0.4 is 10.2 Å². The first-order valence-electron chi connectivity index (χ1n) is 8.53. The van der Waals surface area contributed by atoms with Gasteiger partial charge in [-0.3, -0.25) is 0 Å². The minimum absolute atomic E-state index is 0.0373. The minimum atomic E-state index is -1.51. The molecule has 1 saturated heterocycles. The second-order valence-electron chi connectivity index (χ2n) is 6.17. The van der Waals surface area contributed by atoms with Crippen LogP contribution in [0.1, 0.15) is 10.4 Å². The molecule has 0 aliphatic carbocycles. The molecule has 1 aliphatic rings. The van der Waals surface area contributed by atoms with E-state index in [4.69, 9.17) is 0 Å². The SMILES string of the molecule is COC(=O)c1cccc(NC(=O)N2CCN(c3ccc(F)c(F)c3F)CC2)c1. The molecular weight excluding hydrogens is 375 g/mol. The maximum Gasteiger partial charge on any atom is 0.337 e. The van der Waals surface area contributed by atoms with Gasteiger partial charge in [-0.05, 0) is 30.3 Å². The third-order valence-electron chi connectivity index (χ3n) is 4.46. The molecule has 0 unspecified atom stereocenters. The van der Waals surface area contributed by atoms with Crippen molar-refractivity contribution >= 4 is 23.4 Å². The third-order valence-corrected chi connectivity index (χ3v) is 4.46. The first-order chi connectivity index (χ1) is 13.4. The van der Waals surface area contributed by atoms with Crippen LogP contribution in [0.2, 0.25) is 0 Å². The van der Waals surface area contributed by atoms with Crippen molar-refractivity contribution in [3.8, 4) is 0 Å². The van der Waals surface area contributed by atoms with E-state index in [9.17, 15) is 22.8 Å². The van der Waals surface area contributed by atoms with Gasteiger partial charge in [0.2, 0.25) is 0 Å². The molecule has 2 aromatic rings. The number of anilines is 2. The van der Waals surface area contributed by atoms with Crippen LogP contribution in [0.15, 0.2) is 36.4 Å². The van der Waals surface area contributed by atoms with Gasteiger partial charge in [0.1, 0.15) is 0 Å². The Labute approximate surface area is 159 Å². The normalized spacial score (nSPS) is 14.0. The standard InChI is InChI=1S/C19H18F3N3O3/c1-28-18(26)12-3-2-4-13(11-12)23-19(27)25-9-7-24(8-10-25)15-6-5-14(20)16(21)17(15)22/h2-6,11H,7-10H2,1H3,(H,23,27). The number of nitrogens with zero attached hydrogens (tertiary/aromatic N) is 2. The molecule has 0 aromatic heterocycles. The van der Waals surface area contributed by atoms with E-state index in [-0.39, 0.29) is 37.9 Å². The number of hydrogen-bond acceptors (Lipinski definition) is 4. The van der Waals surface area contributed by atoms with E-state index in [1.807, 2.05) is 0 Å². The summed E-state index contributed by atoms with van der Waals surface area (Å²) in [6, 6.07) is 7.99. The molecule has 1 N–H and O–H groups in total. The highest BCUT2D eigenvalue weighted by Crippen LogP contribution is 2.24. The highest BCUT2D eigenvalue weighted by Gasteiger charge is 2.25. The lowest BCUT2D eigenvalue weighted by Crippen LogP contribution is -2.50. The number of esters is 1. The number of benzene rings is 2. The Hall–Kier alpha value is -3.23. The van der Waals surface area contributed by atoms with Crippen LogP contribution in [0.25, 0.3) is 0 Å². The van der Waals surface area contributed by atoms with Crippen molar-refractivity contribution in [2.24, 2.45) is 0 Å². The summed E-state index contributed by atoms with van der Waals surface area (Å²) < 4.78 is 45.1. The lowest BCUT2D eigenvalue weighted by molar-refractivity contribution is 0.0600. The van der Waals surface area contributed by atoms with Gasteiger partial charge >= 0.3 is 12.0 Å². The van der Waals surface area contributed by atoms with Crippen molar-refractivity contribution in [2.75, 3.05) is 43.5 Å². The van der Waals surface area contributed by atoms with Gasteiger partial charge < -0.3 is 19.9 Å². The number of piperazine rings is 1. The lowest BCUT2D eigenvalue weighted by Gasteiger charge is -2.36. The Bertz CT molecular complexity index is 899. The fourth-order valence-electron chi connectivity index (χ4n) is 2.95. The highest BCUT2D eigenvalue weighted by molar-refractivity contribution is 5.94. The number of carbonyl (C=O) groups excluding carboxylic acids is 2. The van der Waals surface area contributed by atoms with Crippen molar-refractivity contribution < 1.29 is 27.5 Å². The van der Waals surface area contributed by atoms with Gasteiger partial charge in [-0.25, -0.2) is 22.8 Å². The summed E-state index contributed by atoms with van der Waals surface area (Å²) in [5.41, 5.74) is 0.700. The molecule has 9 heteroatoms. The molecule has 1 heterocycles. The Morgan fingerprint density at radius 3 is 2.39 bits per heavy atom. The maximum absolute atomic E-state index is 13.9. The molecule has 148 valence electrons.